The third-order valence-corrected chi connectivity index (χ3v) is 3.44. The molecule has 1 aliphatic rings. The third kappa shape index (κ3) is 5.04. The van der Waals surface area contributed by atoms with Gasteiger partial charge >= 0.3 is 5.97 Å². The van der Waals surface area contributed by atoms with Crippen molar-refractivity contribution in [2.75, 3.05) is 19.6 Å². The van der Waals surface area contributed by atoms with E-state index >= 15 is 0 Å². The predicted octanol–water partition coefficient (Wildman–Crippen LogP) is 1.09. The van der Waals surface area contributed by atoms with E-state index in [0.29, 0.717) is 18.9 Å². The molecule has 5 nitrogen and oxygen atoms in total. The van der Waals surface area contributed by atoms with Crippen LogP contribution in [0.2, 0.25) is 0 Å². The summed E-state index contributed by atoms with van der Waals surface area (Å²) in [4.78, 5) is 24.3. The maximum Gasteiger partial charge on any atom is 0.305 e. The van der Waals surface area contributed by atoms with Gasteiger partial charge in [-0.3, -0.25) is 9.59 Å². The van der Waals surface area contributed by atoms with Crippen molar-refractivity contribution >= 4 is 11.9 Å². The lowest BCUT2D eigenvalue weighted by Crippen LogP contribution is -2.38. The van der Waals surface area contributed by atoms with E-state index in [0.717, 1.165) is 25.9 Å². The van der Waals surface area contributed by atoms with Crippen molar-refractivity contribution in [2.45, 2.75) is 45.6 Å². The van der Waals surface area contributed by atoms with Gasteiger partial charge in [0.05, 0.1) is 6.42 Å². The minimum Gasteiger partial charge on any atom is -0.481 e. The fraction of sp³-hybridized carbons (Fsp3) is 0.846. The Hall–Kier alpha value is -1.10. The highest BCUT2D eigenvalue weighted by atomic mass is 16.4. The van der Waals surface area contributed by atoms with E-state index in [1.807, 2.05) is 13.8 Å². The number of aliphatic carboxylic acids is 1. The van der Waals surface area contributed by atoms with Crippen molar-refractivity contribution in [3.63, 3.8) is 0 Å². The van der Waals surface area contributed by atoms with E-state index in [9.17, 15) is 9.59 Å². The number of rotatable bonds is 7. The molecule has 1 atom stereocenters. The molecule has 5 heteroatoms. The van der Waals surface area contributed by atoms with Crippen LogP contribution in [0.1, 0.15) is 39.5 Å². The largest absolute Gasteiger partial charge is 0.481 e. The number of carbonyl (C=O) groups excluding carboxylic acids is 1. The Bertz CT molecular complexity index is 286. The van der Waals surface area contributed by atoms with Gasteiger partial charge in [-0.1, -0.05) is 0 Å². The fourth-order valence-corrected chi connectivity index (χ4v) is 2.32. The number of hydrogen-bond acceptors (Lipinski definition) is 3. The van der Waals surface area contributed by atoms with Crippen LogP contribution in [-0.4, -0.2) is 47.6 Å². The number of nitrogens with zero attached hydrogens (tertiary/aromatic N) is 1. The second-order valence-electron chi connectivity index (χ2n) is 5.22. The molecule has 1 rings (SSSR count). The second kappa shape index (κ2) is 7.36. The monoisotopic (exact) mass is 256 g/mol. The molecule has 1 unspecified atom stereocenters. The first-order valence-corrected chi connectivity index (χ1v) is 6.72. The average molecular weight is 256 g/mol. The Morgan fingerprint density at radius 3 is 2.61 bits per heavy atom. The Morgan fingerprint density at radius 1 is 1.39 bits per heavy atom. The van der Waals surface area contributed by atoms with Crippen molar-refractivity contribution in [1.82, 2.24) is 10.2 Å². The van der Waals surface area contributed by atoms with E-state index in [1.54, 1.807) is 4.90 Å². The molecule has 2 N–H and O–H groups in total. The van der Waals surface area contributed by atoms with Gasteiger partial charge in [-0.05, 0) is 45.7 Å². The molecule has 1 heterocycles. The van der Waals surface area contributed by atoms with Crippen LogP contribution < -0.4 is 5.32 Å². The van der Waals surface area contributed by atoms with Crippen molar-refractivity contribution in [1.29, 1.82) is 0 Å². The zero-order valence-electron chi connectivity index (χ0n) is 11.3. The minimum absolute atomic E-state index is 0.0227. The molecule has 0 radical (unpaired) electrons. The Balaban J connectivity index is 2.35. The summed E-state index contributed by atoms with van der Waals surface area (Å²) < 4.78 is 0. The lowest BCUT2D eigenvalue weighted by Gasteiger charge is -2.26. The minimum atomic E-state index is -0.853. The van der Waals surface area contributed by atoms with E-state index < -0.39 is 5.97 Å². The average Bonchev–Trinajstić information content (AvgIpc) is 2.78. The van der Waals surface area contributed by atoms with Gasteiger partial charge in [0.15, 0.2) is 0 Å². The van der Waals surface area contributed by atoms with Crippen LogP contribution in [-0.2, 0) is 9.59 Å². The van der Waals surface area contributed by atoms with Crippen LogP contribution in [0.15, 0.2) is 0 Å². The SMILES string of the molecule is CC(C)N(CCC(=O)O)C(=O)CCC1CCNC1. The first-order valence-electron chi connectivity index (χ1n) is 6.72. The molecule has 0 aliphatic carbocycles. The second-order valence-corrected chi connectivity index (χ2v) is 5.22. The van der Waals surface area contributed by atoms with Gasteiger partial charge in [0.1, 0.15) is 0 Å². The molecule has 0 aromatic heterocycles. The van der Waals surface area contributed by atoms with Gasteiger partial charge in [-0.25, -0.2) is 0 Å². The first-order chi connectivity index (χ1) is 8.50. The van der Waals surface area contributed by atoms with Crippen molar-refractivity contribution in [3.8, 4) is 0 Å². The van der Waals surface area contributed by atoms with Crippen LogP contribution in [0.3, 0.4) is 0 Å². The van der Waals surface area contributed by atoms with Crippen LogP contribution in [0.25, 0.3) is 0 Å². The van der Waals surface area contributed by atoms with Gasteiger partial charge in [-0.2, -0.15) is 0 Å². The quantitative estimate of drug-likeness (QED) is 0.715. The Morgan fingerprint density at radius 2 is 2.11 bits per heavy atom. The van der Waals surface area contributed by atoms with E-state index in [1.165, 1.54) is 0 Å². The molecule has 104 valence electrons. The number of carboxylic acid groups (broad SMARTS) is 1. The summed E-state index contributed by atoms with van der Waals surface area (Å²) in [5.41, 5.74) is 0. The summed E-state index contributed by atoms with van der Waals surface area (Å²) in [6.45, 7) is 6.22. The number of carboxylic acids is 1. The van der Waals surface area contributed by atoms with Crippen molar-refractivity contribution < 1.29 is 14.7 Å². The molecule has 0 aromatic carbocycles. The fourth-order valence-electron chi connectivity index (χ4n) is 2.32. The summed E-state index contributed by atoms with van der Waals surface area (Å²) in [5.74, 6) is -0.172. The summed E-state index contributed by atoms with van der Waals surface area (Å²) in [5, 5.41) is 12.0. The molecule has 1 aliphatic heterocycles. The van der Waals surface area contributed by atoms with Gasteiger partial charge in [-0.15, -0.1) is 0 Å². The van der Waals surface area contributed by atoms with E-state index in [2.05, 4.69) is 5.32 Å². The molecular formula is C13H24N2O3. The lowest BCUT2D eigenvalue weighted by atomic mass is 10.0. The zero-order chi connectivity index (χ0) is 13.5. The maximum atomic E-state index is 12.1. The lowest BCUT2D eigenvalue weighted by molar-refractivity contribution is -0.139. The van der Waals surface area contributed by atoms with Gasteiger partial charge < -0.3 is 15.3 Å². The summed E-state index contributed by atoms with van der Waals surface area (Å²) in [6, 6.07) is 0.0681. The number of carbonyl (C=O) groups is 2. The van der Waals surface area contributed by atoms with Gasteiger partial charge in [0.2, 0.25) is 5.91 Å². The molecule has 0 saturated carbocycles. The smallest absolute Gasteiger partial charge is 0.305 e. The van der Waals surface area contributed by atoms with E-state index in [4.69, 9.17) is 5.11 Å². The van der Waals surface area contributed by atoms with Crippen LogP contribution in [0.5, 0.6) is 0 Å². The van der Waals surface area contributed by atoms with Crippen LogP contribution in [0, 0.1) is 5.92 Å². The molecule has 1 fully saturated rings. The number of hydrogen-bond donors (Lipinski definition) is 2. The van der Waals surface area contributed by atoms with Crippen molar-refractivity contribution in [3.05, 3.63) is 0 Å². The molecule has 1 amide bonds. The first kappa shape index (κ1) is 15.0. The number of nitrogens with one attached hydrogen (secondary N) is 1. The highest BCUT2D eigenvalue weighted by Crippen LogP contribution is 2.16. The zero-order valence-corrected chi connectivity index (χ0v) is 11.3. The van der Waals surface area contributed by atoms with E-state index in [-0.39, 0.29) is 18.4 Å². The Kier molecular flexibility index (Phi) is 6.12. The molecule has 1 saturated heterocycles. The van der Waals surface area contributed by atoms with Crippen LogP contribution >= 0.6 is 0 Å². The molecular weight excluding hydrogens is 232 g/mol. The number of amides is 1. The highest BCUT2D eigenvalue weighted by molar-refractivity contribution is 5.77. The standard InChI is InChI=1S/C13H24N2O3/c1-10(2)15(8-6-13(17)18)12(16)4-3-11-5-7-14-9-11/h10-11,14H,3-9H2,1-2H3,(H,17,18). The van der Waals surface area contributed by atoms with Gasteiger partial charge in [0.25, 0.3) is 0 Å². The summed E-state index contributed by atoms with van der Waals surface area (Å²) >= 11 is 0. The topological polar surface area (TPSA) is 69.6 Å². The van der Waals surface area contributed by atoms with Crippen molar-refractivity contribution in [2.24, 2.45) is 5.92 Å². The summed E-state index contributed by atoms with van der Waals surface area (Å²) in [7, 11) is 0. The van der Waals surface area contributed by atoms with Crippen LogP contribution in [0.4, 0.5) is 0 Å². The molecule has 0 spiro atoms. The van der Waals surface area contributed by atoms with Gasteiger partial charge in [0, 0.05) is 19.0 Å². The highest BCUT2D eigenvalue weighted by Gasteiger charge is 2.20. The summed E-state index contributed by atoms with van der Waals surface area (Å²) in [6.07, 6.45) is 2.60. The Labute approximate surface area is 109 Å². The third-order valence-electron chi connectivity index (χ3n) is 3.44. The molecule has 0 aromatic rings. The molecule has 18 heavy (non-hydrogen) atoms. The molecule has 0 bridgehead atoms. The maximum absolute atomic E-state index is 12.1. The predicted molar refractivity (Wildman–Crippen MR) is 69.3 cm³/mol. The normalized spacial score (nSPS) is 19.2.